The molecule has 7 heteroatoms. The second kappa shape index (κ2) is 6.28. The van der Waals surface area contributed by atoms with Crippen molar-refractivity contribution >= 4 is 39.3 Å². The molecule has 108 valence electrons. The van der Waals surface area contributed by atoms with Crippen molar-refractivity contribution < 1.29 is 14.8 Å². The zero-order valence-electron chi connectivity index (χ0n) is 10.9. The molecule has 0 unspecified atom stereocenters. The Morgan fingerprint density at radius 2 is 1.95 bits per heavy atom. The smallest absolute Gasteiger partial charge is 0.336 e. The number of nitro benzene ring substituents is 1. The lowest BCUT2D eigenvalue weighted by molar-refractivity contribution is -0.385. The second-order valence-electron chi connectivity index (χ2n) is 4.23. The fraction of sp³-hybridized carbons (Fsp3) is 0.0714. The van der Waals surface area contributed by atoms with Crippen molar-refractivity contribution in [1.82, 2.24) is 0 Å². The standard InChI is InChI=1S/C14H10BrNO4S/c1-8-6-13(10(15)7-11(8)16(19)20)21-12-5-3-2-4-9(12)14(17)18/h2-7H,1H3,(H,17,18). The third kappa shape index (κ3) is 3.43. The van der Waals surface area contributed by atoms with E-state index >= 15 is 0 Å². The van der Waals surface area contributed by atoms with Gasteiger partial charge in [-0.15, -0.1) is 0 Å². The molecule has 0 amide bonds. The Hall–Kier alpha value is -1.86. The quantitative estimate of drug-likeness (QED) is 0.634. The highest BCUT2D eigenvalue weighted by atomic mass is 79.9. The van der Waals surface area contributed by atoms with Gasteiger partial charge in [-0.2, -0.15) is 0 Å². The Bertz CT molecular complexity index is 733. The second-order valence-corrected chi connectivity index (χ2v) is 6.17. The third-order valence-corrected chi connectivity index (χ3v) is 4.84. The van der Waals surface area contributed by atoms with E-state index in [9.17, 15) is 20.0 Å². The van der Waals surface area contributed by atoms with Crippen molar-refractivity contribution in [3.63, 3.8) is 0 Å². The number of nitro groups is 1. The highest BCUT2D eigenvalue weighted by Gasteiger charge is 2.17. The maximum Gasteiger partial charge on any atom is 0.336 e. The van der Waals surface area contributed by atoms with E-state index in [0.717, 1.165) is 4.90 Å². The maximum atomic E-state index is 11.2. The van der Waals surface area contributed by atoms with Gasteiger partial charge in [-0.05, 0) is 41.1 Å². The number of aromatic carboxylic acids is 1. The molecule has 0 aliphatic carbocycles. The van der Waals surface area contributed by atoms with E-state index in [1.165, 1.54) is 23.9 Å². The SMILES string of the molecule is Cc1cc(Sc2ccccc2C(=O)O)c(Br)cc1[N+](=O)[O-]. The monoisotopic (exact) mass is 367 g/mol. The first kappa shape index (κ1) is 15.5. The van der Waals surface area contributed by atoms with E-state index in [-0.39, 0.29) is 11.3 Å². The van der Waals surface area contributed by atoms with Crippen molar-refractivity contribution in [2.24, 2.45) is 0 Å². The minimum absolute atomic E-state index is 0.0257. The van der Waals surface area contributed by atoms with Crippen LogP contribution in [-0.2, 0) is 0 Å². The van der Waals surface area contributed by atoms with Gasteiger partial charge >= 0.3 is 5.97 Å². The van der Waals surface area contributed by atoms with E-state index in [1.807, 2.05) is 0 Å². The van der Waals surface area contributed by atoms with Gasteiger partial charge in [0.15, 0.2) is 0 Å². The van der Waals surface area contributed by atoms with Gasteiger partial charge in [0.25, 0.3) is 5.69 Å². The summed E-state index contributed by atoms with van der Waals surface area (Å²) < 4.78 is 0.560. The number of rotatable bonds is 4. The molecule has 2 rings (SSSR count). The molecule has 0 aliphatic heterocycles. The minimum Gasteiger partial charge on any atom is -0.478 e. The van der Waals surface area contributed by atoms with Crippen LogP contribution in [0.5, 0.6) is 0 Å². The van der Waals surface area contributed by atoms with Gasteiger partial charge in [-0.25, -0.2) is 4.79 Å². The molecule has 0 bridgehead atoms. The Balaban J connectivity index is 2.44. The highest BCUT2D eigenvalue weighted by molar-refractivity contribution is 9.10. The van der Waals surface area contributed by atoms with Crippen LogP contribution in [0.15, 0.2) is 50.7 Å². The molecule has 0 aliphatic rings. The van der Waals surface area contributed by atoms with Crippen LogP contribution in [0.2, 0.25) is 0 Å². The van der Waals surface area contributed by atoms with Gasteiger partial charge in [-0.1, -0.05) is 23.9 Å². The summed E-state index contributed by atoms with van der Waals surface area (Å²) in [4.78, 5) is 22.9. The first-order chi connectivity index (χ1) is 9.90. The van der Waals surface area contributed by atoms with Crippen LogP contribution in [0.3, 0.4) is 0 Å². The molecule has 21 heavy (non-hydrogen) atoms. The van der Waals surface area contributed by atoms with Crippen LogP contribution in [0.25, 0.3) is 0 Å². The average Bonchev–Trinajstić information content (AvgIpc) is 2.42. The number of carboxylic acids is 1. The van der Waals surface area contributed by atoms with Gasteiger partial charge < -0.3 is 5.11 Å². The van der Waals surface area contributed by atoms with Crippen LogP contribution in [0.4, 0.5) is 5.69 Å². The summed E-state index contributed by atoms with van der Waals surface area (Å²) >= 11 is 4.55. The number of carboxylic acid groups (broad SMARTS) is 1. The third-order valence-electron chi connectivity index (χ3n) is 2.78. The molecule has 0 saturated heterocycles. The highest BCUT2D eigenvalue weighted by Crippen LogP contribution is 2.38. The predicted molar refractivity (Wildman–Crippen MR) is 83.1 cm³/mol. The molecular weight excluding hydrogens is 358 g/mol. The molecule has 5 nitrogen and oxygen atoms in total. The molecule has 1 N–H and O–H groups in total. The van der Waals surface area contributed by atoms with Crippen LogP contribution in [0, 0.1) is 17.0 Å². The van der Waals surface area contributed by atoms with E-state index in [0.29, 0.717) is 14.9 Å². The summed E-state index contributed by atoms with van der Waals surface area (Å²) in [5.41, 5.74) is 0.752. The topological polar surface area (TPSA) is 80.4 Å². The van der Waals surface area contributed by atoms with Crippen molar-refractivity contribution in [3.8, 4) is 0 Å². The van der Waals surface area contributed by atoms with Gasteiger partial charge in [0.1, 0.15) is 0 Å². The molecule has 0 saturated carbocycles. The van der Waals surface area contributed by atoms with E-state index < -0.39 is 10.9 Å². The predicted octanol–water partition coefficient (Wildman–Crippen LogP) is 4.52. The van der Waals surface area contributed by atoms with E-state index in [1.54, 1.807) is 31.2 Å². The summed E-state index contributed by atoms with van der Waals surface area (Å²) in [5.74, 6) is -1.01. The van der Waals surface area contributed by atoms with Crippen LogP contribution < -0.4 is 0 Å². The van der Waals surface area contributed by atoms with Crippen molar-refractivity contribution in [2.75, 3.05) is 0 Å². The molecule has 0 fully saturated rings. The molecule has 2 aromatic carbocycles. The van der Waals surface area contributed by atoms with Crippen molar-refractivity contribution in [1.29, 1.82) is 0 Å². The molecule has 0 radical (unpaired) electrons. The lowest BCUT2D eigenvalue weighted by Crippen LogP contribution is -1.98. The molecule has 0 aromatic heterocycles. The number of hydrogen-bond donors (Lipinski definition) is 1. The van der Waals surface area contributed by atoms with Crippen LogP contribution in [-0.4, -0.2) is 16.0 Å². The number of carbonyl (C=O) groups is 1. The van der Waals surface area contributed by atoms with E-state index in [2.05, 4.69) is 15.9 Å². The van der Waals surface area contributed by atoms with Gasteiger partial charge in [0.05, 0.1) is 10.5 Å². The minimum atomic E-state index is -1.01. The maximum absolute atomic E-state index is 11.2. The lowest BCUT2D eigenvalue weighted by Gasteiger charge is -2.08. The molecule has 0 heterocycles. The fourth-order valence-corrected chi connectivity index (χ4v) is 3.39. The number of aryl methyl sites for hydroxylation is 1. The Kier molecular flexibility index (Phi) is 4.64. The van der Waals surface area contributed by atoms with Crippen molar-refractivity contribution in [3.05, 3.63) is 62.1 Å². The number of hydrogen-bond acceptors (Lipinski definition) is 4. The van der Waals surface area contributed by atoms with Gasteiger partial charge in [-0.3, -0.25) is 10.1 Å². The first-order valence-corrected chi connectivity index (χ1v) is 7.46. The van der Waals surface area contributed by atoms with E-state index in [4.69, 9.17) is 0 Å². The van der Waals surface area contributed by atoms with Gasteiger partial charge in [0, 0.05) is 25.9 Å². The average molecular weight is 368 g/mol. The molecule has 0 atom stereocenters. The van der Waals surface area contributed by atoms with Crippen LogP contribution in [0.1, 0.15) is 15.9 Å². The lowest BCUT2D eigenvalue weighted by atomic mass is 10.2. The summed E-state index contributed by atoms with van der Waals surface area (Å²) in [6, 6.07) is 9.74. The fourth-order valence-electron chi connectivity index (χ4n) is 1.77. The first-order valence-electron chi connectivity index (χ1n) is 5.85. The summed E-state index contributed by atoms with van der Waals surface area (Å²) in [6.07, 6.45) is 0. The number of halogens is 1. The number of benzene rings is 2. The Labute approximate surface area is 133 Å². The largest absolute Gasteiger partial charge is 0.478 e. The Morgan fingerprint density at radius 1 is 1.29 bits per heavy atom. The summed E-state index contributed by atoms with van der Waals surface area (Å²) in [7, 11) is 0. The van der Waals surface area contributed by atoms with Crippen LogP contribution >= 0.6 is 27.7 Å². The summed E-state index contributed by atoms with van der Waals surface area (Å²) in [6.45, 7) is 1.65. The zero-order valence-corrected chi connectivity index (χ0v) is 13.3. The van der Waals surface area contributed by atoms with Gasteiger partial charge in [0.2, 0.25) is 0 Å². The normalized spacial score (nSPS) is 10.4. The number of nitrogens with zero attached hydrogens (tertiary/aromatic N) is 1. The van der Waals surface area contributed by atoms with Crippen molar-refractivity contribution in [2.45, 2.75) is 16.7 Å². The summed E-state index contributed by atoms with van der Waals surface area (Å²) in [5, 5.41) is 20.1. The zero-order chi connectivity index (χ0) is 15.6. The molecule has 0 spiro atoms. The Morgan fingerprint density at radius 3 is 2.57 bits per heavy atom. The molecule has 2 aromatic rings. The molecular formula is C14H10BrNO4S.